The standard InChI is InChI=1S/C25H27BrN2O5S/c1-18-7-9-20(10-8-18)28(34(30,31)22-11-12-24(32-3)23(26)16-22)17-25(29)27-13-14-33-21-6-4-5-19(2)15-21/h4-12,15-16H,13-14,17H2,1-3H3,(H,27,29). The molecule has 0 heterocycles. The number of hydrogen-bond donors (Lipinski definition) is 1. The van der Waals surface area contributed by atoms with E-state index in [-0.39, 0.29) is 24.6 Å². The molecule has 0 aliphatic heterocycles. The molecule has 9 heteroatoms. The van der Waals surface area contributed by atoms with Gasteiger partial charge in [-0.3, -0.25) is 9.10 Å². The van der Waals surface area contributed by atoms with Gasteiger partial charge in [-0.2, -0.15) is 0 Å². The number of ether oxygens (including phenoxy) is 2. The molecule has 1 N–H and O–H groups in total. The average Bonchev–Trinajstić information content (AvgIpc) is 2.81. The summed E-state index contributed by atoms with van der Waals surface area (Å²) in [4.78, 5) is 12.7. The van der Waals surface area contributed by atoms with Crippen LogP contribution in [0.5, 0.6) is 11.5 Å². The second kappa shape index (κ2) is 11.4. The minimum atomic E-state index is -4.03. The van der Waals surface area contributed by atoms with Crippen LogP contribution in [0.25, 0.3) is 0 Å². The van der Waals surface area contributed by atoms with Crippen molar-refractivity contribution in [3.05, 3.63) is 82.3 Å². The Labute approximate surface area is 208 Å². The molecule has 34 heavy (non-hydrogen) atoms. The van der Waals surface area contributed by atoms with Crippen LogP contribution in [-0.4, -0.2) is 41.1 Å². The number of methoxy groups -OCH3 is 1. The van der Waals surface area contributed by atoms with Gasteiger partial charge in [-0.05, 0) is 77.8 Å². The number of aryl methyl sites for hydroxylation is 2. The van der Waals surface area contributed by atoms with E-state index in [2.05, 4.69) is 21.2 Å². The van der Waals surface area contributed by atoms with Gasteiger partial charge in [0.25, 0.3) is 10.0 Å². The van der Waals surface area contributed by atoms with E-state index in [1.807, 2.05) is 38.1 Å². The van der Waals surface area contributed by atoms with E-state index in [1.54, 1.807) is 30.3 Å². The lowest BCUT2D eigenvalue weighted by atomic mass is 10.2. The number of hydrogen-bond acceptors (Lipinski definition) is 5. The maximum Gasteiger partial charge on any atom is 0.264 e. The molecule has 0 spiro atoms. The van der Waals surface area contributed by atoms with Crippen LogP contribution in [-0.2, 0) is 14.8 Å². The van der Waals surface area contributed by atoms with E-state index in [0.29, 0.717) is 21.7 Å². The largest absolute Gasteiger partial charge is 0.496 e. The quantitative estimate of drug-likeness (QED) is 0.379. The normalized spacial score (nSPS) is 11.1. The van der Waals surface area contributed by atoms with Crippen molar-refractivity contribution in [3.8, 4) is 11.5 Å². The summed E-state index contributed by atoms with van der Waals surface area (Å²) in [6, 6.07) is 19.0. The summed E-state index contributed by atoms with van der Waals surface area (Å²) >= 11 is 3.33. The van der Waals surface area contributed by atoms with E-state index in [0.717, 1.165) is 15.4 Å². The molecule has 0 aromatic heterocycles. The van der Waals surface area contributed by atoms with Crippen molar-refractivity contribution in [2.24, 2.45) is 0 Å². The molecule has 0 aliphatic rings. The van der Waals surface area contributed by atoms with Crippen molar-refractivity contribution in [1.29, 1.82) is 0 Å². The van der Waals surface area contributed by atoms with Gasteiger partial charge in [-0.15, -0.1) is 0 Å². The number of carbonyl (C=O) groups excluding carboxylic acids is 1. The maximum absolute atomic E-state index is 13.5. The van der Waals surface area contributed by atoms with Gasteiger partial charge >= 0.3 is 0 Å². The third-order valence-corrected chi connectivity index (χ3v) is 7.39. The molecule has 1 amide bonds. The number of carbonyl (C=O) groups is 1. The van der Waals surface area contributed by atoms with E-state index >= 15 is 0 Å². The first kappa shape index (κ1) is 25.6. The Kier molecular flexibility index (Phi) is 8.57. The van der Waals surface area contributed by atoms with E-state index < -0.39 is 15.9 Å². The van der Waals surface area contributed by atoms with Crippen molar-refractivity contribution in [2.45, 2.75) is 18.7 Å². The molecule has 0 aliphatic carbocycles. The Morgan fingerprint density at radius 1 is 1.00 bits per heavy atom. The molecule has 7 nitrogen and oxygen atoms in total. The van der Waals surface area contributed by atoms with Crippen molar-refractivity contribution in [1.82, 2.24) is 5.32 Å². The second-order valence-electron chi connectivity index (χ2n) is 7.66. The summed E-state index contributed by atoms with van der Waals surface area (Å²) in [5.41, 5.74) is 2.44. The lowest BCUT2D eigenvalue weighted by Crippen LogP contribution is -2.41. The number of nitrogens with zero attached hydrogens (tertiary/aromatic N) is 1. The van der Waals surface area contributed by atoms with Gasteiger partial charge in [0.15, 0.2) is 0 Å². The van der Waals surface area contributed by atoms with Crippen molar-refractivity contribution in [2.75, 3.05) is 31.1 Å². The minimum absolute atomic E-state index is 0.0383. The van der Waals surface area contributed by atoms with Crippen LogP contribution in [0.4, 0.5) is 5.69 Å². The summed E-state index contributed by atoms with van der Waals surface area (Å²) < 4.78 is 39.5. The van der Waals surface area contributed by atoms with Gasteiger partial charge in [0, 0.05) is 0 Å². The van der Waals surface area contributed by atoms with Gasteiger partial charge < -0.3 is 14.8 Å². The topological polar surface area (TPSA) is 84.9 Å². The Bertz CT molecular complexity index is 1250. The first-order chi connectivity index (χ1) is 16.2. The molecule has 0 fully saturated rings. The molecule has 0 atom stereocenters. The molecular weight excluding hydrogens is 520 g/mol. The molecule has 3 rings (SSSR count). The van der Waals surface area contributed by atoms with Crippen LogP contribution in [0.3, 0.4) is 0 Å². The number of amides is 1. The highest BCUT2D eigenvalue weighted by molar-refractivity contribution is 9.10. The fourth-order valence-corrected chi connectivity index (χ4v) is 5.35. The summed E-state index contributed by atoms with van der Waals surface area (Å²) in [7, 11) is -2.53. The lowest BCUT2D eigenvalue weighted by Gasteiger charge is -2.24. The van der Waals surface area contributed by atoms with Crippen molar-refractivity contribution < 1.29 is 22.7 Å². The SMILES string of the molecule is COc1ccc(S(=O)(=O)N(CC(=O)NCCOc2cccc(C)c2)c2ccc(C)cc2)cc1Br. The van der Waals surface area contributed by atoms with E-state index in [4.69, 9.17) is 9.47 Å². The summed E-state index contributed by atoms with van der Waals surface area (Å²) in [6.45, 7) is 4.00. The highest BCUT2D eigenvalue weighted by atomic mass is 79.9. The number of nitrogens with one attached hydrogen (secondary N) is 1. The fraction of sp³-hybridized carbons (Fsp3) is 0.240. The molecule has 3 aromatic carbocycles. The highest BCUT2D eigenvalue weighted by Crippen LogP contribution is 2.30. The van der Waals surface area contributed by atoms with Crippen LogP contribution in [0.2, 0.25) is 0 Å². The zero-order valence-corrected chi connectivity index (χ0v) is 21.6. The third kappa shape index (κ3) is 6.51. The summed E-state index contributed by atoms with van der Waals surface area (Å²) in [6.07, 6.45) is 0. The van der Waals surface area contributed by atoms with Crippen LogP contribution >= 0.6 is 15.9 Å². The molecule has 3 aromatic rings. The highest BCUT2D eigenvalue weighted by Gasteiger charge is 2.28. The van der Waals surface area contributed by atoms with E-state index in [9.17, 15) is 13.2 Å². The Morgan fingerprint density at radius 3 is 2.38 bits per heavy atom. The zero-order valence-electron chi connectivity index (χ0n) is 19.2. The first-order valence-electron chi connectivity index (χ1n) is 10.6. The Morgan fingerprint density at radius 2 is 1.74 bits per heavy atom. The van der Waals surface area contributed by atoms with Crippen LogP contribution in [0, 0.1) is 13.8 Å². The van der Waals surface area contributed by atoms with Gasteiger partial charge in [0.1, 0.15) is 24.7 Å². The van der Waals surface area contributed by atoms with Gasteiger partial charge in [0.05, 0.1) is 28.7 Å². The minimum Gasteiger partial charge on any atom is -0.496 e. The van der Waals surface area contributed by atoms with Gasteiger partial charge in [-0.1, -0.05) is 29.8 Å². The maximum atomic E-state index is 13.5. The number of sulfonamides is 1. The Balaban J connectivity index is 1.74. The smallest absolute Gasteiger partial charge is 0.264 e. The van der Waals surface area contributed by atoms with Crippen molar-refractivity contribution in [3.63, 3.8) is 0 Å². The van der Waals surface area contributed by atoms with Crippen LogP contribution in [0.15, 0.2) is 76.1 Å². The summed E-state index contributed by atoms with van der Waals surface area (Å²) in [5.74, 6) is 0.778. The third-order valence-electron chi connectivity index (χ3n) is 5.00. The van der Waals surface area contributed by atoms with Crippen LogP contribution < -0.4 is 19.1 Å². The molecular formula is C25H27BrN2O5S. The predicted molar refractivity (Wildman–Crippen MR) is 136 cm³/mol. The fourth-order valence-electron chi connectivity index (χ4n) is 3.21. The molecule has 0 unspecified atom stereocenters. The zero-order chi connectivity index (χ0) is 24.7. The van der Waals surface area contributed by atoms with Gasteiger partial charge in [0.2, 0.25) is 5.91 Å². The lowest BCUT2D eigenvalue weighted by molar-refractivity contribution is -0.119. The molecule has 0 radical (unpaired) electrons. The van der Waals surface area contributed by atoms with Crippen molar-refractivity contribution >= 4 is 37.5 Å². The first-order valence-corrected chi connectivity index (χ1v) is 12.8. The predicted octanol–water partition coefficient (Wildman–Crippen LogP) is 4.47. The molecule has 0 saturated carbocycles. The molecule has 0 saturated heterocycles. The number of anilines is 1. The number of benzene rings is 3. The second-order valence-corrected chi connectivity index (χ2v) is 10.4. The monoisotopic (exact) mass is 546 g/mol. The number of rotatable bonds is 10. The van der Waals surface area contributed by atoms with Crippen LogP contribution in [0.1, 0.15) is 11.1 Å². The Hall–Kier alpha value is -3.04. The molecule has 180 valence electrons. The van der Waals surface area contributed by atoms with E-state index in [1.165, 1.54) is 19.2 Å². The molecule has 0 bridgehead atoms. The van der Waals surface area contributed by atoms with Gasteiger partial charge in [-0.25, -0.2) is 8.42 Å². The number of halogens is 1. The summed E-state index contributed by atoms with van der Waals surface area (Å²) in [5, 5.41) is 2.73. The average molecular weight is 547 g/mol.